The molecule has 0 aromatic heterocycles. The molecule has 104 valence electrons. The molecule has 1 atom stereocenters. The maximum absolute atomic E-state index is 12.9. The molecule has 1 saturated carbocycles. The summed E-state index contributed by atoms with van der Waals surface area (Å²) in [5, 5.41) is 13.6. The van der Waals surface area contributed by atoms with Gasteiger partial charge in [0.1, 0.15) is 0 Å². The highest BCUT2D eigenvalue weighted by Gasteiger charge is 2.45. The fourth-order valence-electron chi connectivity index (χ4n) is 2.16. The molecule has 0 radical (unpaired) electrons. The Bertz CT molecular complexity index is 503. The number of nitrogens with one attached hydrogen (secondary N) is 1. The Morgan fingerprint density at radius 2 is 2.16 bits per heavy atom. The molecule has 1 aliphatic carbocycles. The Morgan fingerprint density at radius 1 is 1.53 bits per heavy atom. The predicted molar refractivity (Wildman–Crippen MR) is 68.4 cm³/mol. The average Bonchev–Trinajstić information content (AvgIpc) is 2.94. The monoisotopic (exact) mass is 270 g/mol. The minimum absolute atomic E-state index is 0.263. The number of anilines is 1. The van der Waals surface area contributed by atoms with Crippen molar-refractivity contribution in [1.82, 2.24) is 0 Å². The molecule has 0 spiro atoms. The lowest BCUT2D eigenvalue weighted by molar-refractivity contribution is -0.385. The number of nitro groups is 1. The van der Waals surface area contributed by atoms with Crippen molar-refractivity contribution in [2.45, 2.75) is 26.7 Å². The number of nitro benzene ring substituents is 1. The van der Waals surface area contributed by atoms with E-state index >= 15 is 0 Å². The normalized spacial score (nSPS) is 20.4. The lowest BCUT2D eigenvalue weighted by Gasteiger charge is -2.12. The van der Waals surface area contributed by atoms with Gasteiger partial charge in [0, 0.05) is 29.9 Å². The molecule has 1 aromatic rings. The van der Waals surface area contributed by atoms with Gasteiger partial charge >= 0.3 is 0 Å². The van der Waals surface area contributed by atoms with E-state index in [2.05, 4.69) is 19.2 Å². The quantitative estimate of drug-likeness (QED) is 0.650. The van der Waals surface area contributed by atoms with Gasteiger partial charge in [-0.2, -0.15) is 0 Å². The van der Waals surface area contributed by atoms with Gasteiger partial charge in [0.25, 0.3) is 12.1 Å². The maximum Gasteiger partial charge on any atom is 0.270 e. The number of benzene rings is 1. The average molecular weight is 270 g/mol. The van der Waals surface area contributed by atoms with Crippen molar-refractivity contribution >= 4 is 11.4 Å². The van der Waals surface area contributed by atoms with Crippen LogP contribution in [0, 0.1) is 21.4 Å². The summed E-state index contributed by atoms with van der Waals surface area (Å²) < 4.78 is 25.8. The van der Waals surface area contributed by atoms with Crippen molar-refractivity contribution in [2.24, 2.45) is 11.3 Å². The Morgan fingerprint density at radius 3 is 2.63 bits per heavy atom. The molecule has 1 fully saturated rings. The summed E-state index contributed by atoms with van der Waals surface area (Å²) in [5.41, 5.74) is -0.0813. The fraction of sp³-hybridized carbons (Fsp3) is 0.538. The van der Waals surface area contributed by atoms with Crippen molar-refractivity contribution in [3.63, 3.8) is 0 Å². The molecule has 2 rings (SSSR count). The van der Waals surface area contributed by atoms with Gasteiger partial charge in [-0.25, -0.2) is 8.78 Å². The second kappa shape index (κ2) is 4.75. The van der Waals surface area contributed by atoms with Crippen LogP contribution in [-0.4, -0.2) is 11.5 Å². The van der Waals surface area contributed by atoms with E-state index in [1.54, 1.807) is 0 Å². The highest BCUT2D eigenvalue weighted by atomic mass is 19.3. The van der Waals surface area contributed by atoms with E-state index in [-0.39, 0.29) is 22.4 Å². The molecule has 0 heterocycles. The van der Waals surface area contributed by atoms with Gasteiger partial charge in [-0.05, 0) is 23.8 Å². The number of halogens is 2. The van der Waals surface area contributed by atoms with Crippen LogP contribution in [-0.2, 0) is 0 Å². The molecule has 0 aliphatic heterocycles. The maximum atomic E-state index is 12.9. The van der Waals surface area contributed by atoms with Crippen molar-refractivity contribution in [3.05, 3.63) is 33.9 Å². The molecule has 0 bridgehead atoms. The summed E-state index contributed by atoms with van der Waals surface area (Å²) in [6.45, 7) is 4.87. The van der Waals surface area contributed by atoms with E-state index in [1.165, 1.54) is 12.1 Å². The molecular weight excluding hydrogens is 254 g/mol. The van der Waals surface area contributed by atoms with Crippen LogP contribution in [0.5, 0.6) is 0 Å². The highest BCUT2D eigenvalue weighted by Crippen LogP contribution is 2.51. The summed E-state index contributed by atoms with van der Waals surface area (Å²) in [7, 11) is 0. The van der Waals surface area contributed by atoms with E-state index in [0.717, 1.165) is 12.5 Å². The van der Waals surface area contributed by atoms with Crippen LogP contribution in [0.4, 0.5) is 20.2 Å². The SMILES string of the molecule is CC1(C)CC1CNc1ccc([N+](=O)[O-])cc1C(F)F. The van der Waals surface area contributed by atoms with Crippen molar-refractivity contribution in [2.75, 3.05) is 11.9 Å². The van der Waals surface area contributed by atoms with Gasteiger partial charge in [-0.1, -0.05) is 13.8 Å². The largest absolute Gasteiger partial charge is 0.384 e. The van der Waals surface area contributed by atoms with E-state index < -0.39 is 11.3 Å². The van der Waals surface area contributed by atoms with Crippen LogP contribution in [0.25, 0.3) is 0 Å². The van der Waals surface area contributed by atoms with Crippen LogP contribution in [0.1, 0.15) is 32.3 Å². The third-order valence-electron chi connectivity index (χ3n) is 3.74. The van der Waals surface area contributed by atoms with Crippen LogP contribution in [0.3, 0.4) is 0 Å². The van der Waals surface area contributed by atoms with Gasteiger partial charge in [-0.3, -0.25) is 10.1 Å². The summed E-state index contributed by atoms with van der Waals surface area (Å²) in [5.74, 6) is 0.466. The van der Waals surface area contributed by atoms with Gasteiger partial charge < -0.3 is 5.32 Å². The second-order valence-corrected chi connectivity index (χ2v) is 5.60. The van der Waals surface area contributed by atoms with E-state index in [9.17, 15) is 18.9 Å². The first-order chi connectivity index (χ1) is 8.81. The predicted octanol–water partition coefficient (Wildman–Crippen LogP) is 3.99. The van der Waals surface area contributed by atoms with Gasteiger partial charge in [0.2, 0.25) is 0 Å². The molecule has 1 aromatic carbocycles. The zero-order chi connectivity index (χ0) is 14.2. The van der Waals surface area contributed by atoms with Crippen LogP contribution >= 0.6 is 0 Å². The summed E-state index contributed by atoms with van der Waals surface area (Å²) >= 11 is 0. The molecule has 19 heavy (non-hydrogen) atoms. The number of hydrogen-bond acceptors (Lipinski definition) is 3. The third kappa shape index (κ3) is 3.00. The summed E-state index contributed by atoms with van der Waals surface area (Å²) in [6.07, 6.45) is -1.66. The minimum Gasteiger partial charge on any atom is -0.384 e. The summed E-state index contributed by atoms with van der Waals surface area (Å²) in [6, 6.07) is 3.53. The molecule has 4 nitrogen and oxygen atoms in total. The number of rotatable bonds is 5. The lowest BCUT2D eigenvalue weighted by Crippen LogP contribution is -2.09. The first-order valence-corrected chi connectivity index (χ1v) is 6.11. The molecule has 6 heteroatoms. The number of nitrogens with zero attached hydrogens (tertiary/aromatic N) is 1. The highest BCUT2D eigenvalue weighted by molar-refractivity contribution is 5.56. The molecule has 1 aliphatic rings. The number of alkyl halides is 2. The lowest BCUT2D eigenvalue weighted by atomic mass is 10.1. The Balaban J connectivity index is 2.13. The van der Waals surface area contributed by atoms with Crippen LogP contribution in [0.2, 0.25) is 0 Å². The molecular formula is C13H16F2N2O2. The van der Waals surface area contributed by atoms with Crippen LogP contribution < -0.4 is 5.32 Å². The third-order valence-corrected chi connectivity index (χ3v) is 3.74. The Labute approximate surface area is 110 Å². The van der Waals surface area contributed by atoms with Gasteiger partial charge in [-0.15, -0.1) is 0 Å². The van der Waals surface area contributed by atoms with Crippen molar-refractivity contribution in [3.8, 4) is 0 Å². The number of hydrogen-bond donors (Lipinski definition) is 1. The zero-order valence-electron chi connectivity index (χ0n) is 10.8. The molecule has 0 amide bonds. The standard InChI is InChI=1S/C13H16F2N2O2/c1-13(2)6-8(13)7-16-11-4-3-9(17(18)19)5-10(11)12(14)15/h3-5,8,12,16H,6-7H2,1-2H3. The molecule has 0 saturated heterocycles. The van der Waals surface area contributed by atoms with Crippen molar-refractivity contribution in [1.29, 1.82) is 0 Å². The van der Waals surface area contributed by atoms with Gasteiger partial charge in [0.15, 0.2) is 0 Å². The Kier molecular flexibility index (Phi) is 3.43. The minimum atomic E-state index is -2.73. The Hall–Kier alpha value is -1.72. The van der Waals surface area contributed by atoms with Crippen molar-refractivity contribution < 1.29 is 13.7 Å². The second-order valence-electron chi connectivity index (χ2n) is 5.60. The van der Waals surface area contributed by atoms with E-state index in [1.807, 2.05) is 0 Å². The van der Waals surface area contributed by atoms with E-state index in [4.69, 9.17) is 0 Å². The zero-order valence-corrected chi connectivity index (χ0v) is 10.8. The first-order valence-electron chi connectivity index (χ1n) is 6.11. The topological polar surface area (TPSA) is 55.2 Å². The number of non-ortho nitro benzene ring substituents is 1. The van der Waals surface area contributed by atoms with E-state index in [0.29, 0.717) is 12.5 Å². The fourth-order valence-corrected chi connectivity index (χ4v) is 2.16. The van der Waals surface area contributed by atoms with Gasteiger partial charge in [0.05, 0.1) is 4.92 Å². The molecule has 1 N–H and O–H groups in total. The molecule has 1 unspecified atom stereocenters. The summed E-state index contributed by atoms with van der Waals surface area (Å²) in [4.78, 5) is 9.92. The first kappa shape index (κ1) is 13.7. The van der Waals surface area contributed by atoms with Crippen LogP contribution in [0.15, 0.2) is 18.2 Å². The smallest absolute Gasteiger partial charge is 0.270 e.